The van der Waals surface area contributed by atoms with Crippen LogP contribution in [0.15, 0.2) is 36.5 Å². The van der Waals surface area contributed by atoms with Crippen LogP contribution in [-0.2, 0) is 11.3 Å². The highest BCUT2D eigenvalue weighted by atomic mass is 16.5. The maximum atomic E-state index is 12.3. The fraction of sp³-hybridized carbons (Fsp3) is 0.409. The van der Waals surface area contributed by atoms with E-state index in [1.807, 2.05) is 44.2 Å². The Morgan fingerprint density at radius 1 is 1.15 bits per heavy atom. The average Bonchev–Trinajstić information content (AvgIpc) is 3.50. The van der Waals surface area contributed by atoms with Crippen LogP contribution in [0, 0.1) is 19.8 Å². The van der Waals surface area contributed by atoms with Gasteiger partial charge in [-0.1, -0.05) is 23.8 Å². The van der Waals surface area contributed by atoms with Crippen LogP contribution >= 0.6 is 0 Å². The summed E-state index contributed by atoms with van der Waals surface area (Å²) in [5.74, 6) is 1.18. The number of amides is 1. The number of rotatable bonds is 9. The van der Waals surface area contributed by atoms with Gasteiger partial charge in [0.25, 0.3) is 0 Å². The first-order chi connectivity index (χ1) is 13.0. The van der Waals surface area contributed by atoms with Crippen molar-refractivity contribution in [2.45, 2.75) is 46.1 Å². The van der Waals surface area contributed by atoms with Gasteiger partial charge < -0.3 is 10.1 Å². The van der Waals surface area contributed by atoms with Gasteiger partial charge >= 0.3 is 0 Å². The summed E-state index contributed by atoms with van der Waals surface area (Å²) in [5.41, 5.74) is 3.60. The Bertz CT molecular complexity index is 811. The molecule has 27 heavy (non-hydrogen) atoms. The lowest BCUT2D eigenvalue weighted by Gasteiger charge is -2.08. The lowest BCUT2D eigenvalue weighted by molar-refractivity contribution is -0.121. The van der Waals surface area contributed by atoms with E-state index in [4.69, 9.17) is 4.74 Å². The molecule has 142 valence electrons. The molecule has 0 unspecified atom stereocenters. The maximum Gasteiger partial charge on any atom is 0.220 e. The van der Waals surface area contributed by atoms with Gasteiger partial charge in [-0.15, -0.1) is 0 Å². The highest BCUT2D eigenvalue weighted by molar-refractivity contribution is 5.99. The molecular formula is C22H26N2O3. The molecule has 1 saturated carbocycles. The number of pyridine rings is 1. The summed E-state index contributed by atoms with van der Waals surface area (Å²) >= 11 is 0. The van der Waals surface area contributed by atoms with Gasteiger partial charge in [0.1, 0.15) is 0 Å². The van der Waals surface area contributed by atoms with Crippen molar-refractivity contribution in [3.8, 4) is 5.88 Å². The van der Waals surface area contributed by atoms with Crippen molar-refractivity contribution in [1.82, 2.24) is 10.3 Å². The Morgan fingerprint density at radius 2 is 1.96 bits per heavy atom. The van der Waals surface area contributed by atoms with E-state index >= 15 is 0 Å². The standard InChI is InChI=1S/C22H26N2O3/c1-15-3-4-16(2)19(11-15)20(25)8-9-21(26)23-12-18-7-10-22(24-13-18)27-14-17-5-6-17/h3-4,7,10-11,13,17H,5-6,8-9,12,14H2,1-2H3,(H,23,26). The van der Waals surface area contributed by atoms with Crippen LogP contribution in [0.1, 0.15) is 52.7 Å². The number of carbonyl (C=O) groups excluding carboxylic acids is 2. The molecule has 5 heteroatoms. The molecule has 1 aliphatic carbocycles. The van der Waals surface area contributed by atoms with Crippen molar-refractivity contribution in [3.05, 3.63) is 58.8 Å². The van der Waals surface area contributed by atoms with Crippen LogP contribution in [0.2, 0.25) is 0 Å². The molecule has 0 spiro atoms. The topological polar surface area (TPSA) is 68.3 Å². The van der Waals surface area contributed by atoms with Gasteiger partial charge in [0, 0.05) is 37.2 Å². The second kappa shape index (κ2) is 8.80. The predicted molar refractivity (Wildman–Crippen MR) is 104 cm³/mol. The fourth-order valence-corrected chi connectivity index (χ4v) is 2.78. The van der Waals surface area contributed by atoms with E-state index in [1.165, 1.54) is 12.8 Å². The molecular weight excluding hydrogens is 340 g/mol. The minimum Gasteiger partial charge on any atom is -0.477 e. The number of ether oxygens (including phenoxy) is 1. The van der Waals surface area contributed by atoms with Crippen molar-refractivity contribution in [2.75, 3.05) is 6.61 Å². The highest BCUT2D eigenvalue weighted by Crippen LogP contribution is 2.29. The zero-order valence-electron chi connectivity index (χ0n) is 16.0. The molecule has 1 amide bonds. The molecule has 5 nitrogen and oxygen atoms in total. The van der Waals surface area contributed by atoms with Crippen molar-refractivity contribution < 1.29 is 14.3 Å². The smallest absolute Gasteiger partial charge is 0.220 e. The first-order valence-electron chi connectivity index (χ1n) is 9.46. The SMILES string of the molecule is Cc1ccc(C)c(C(=O)CCC(=O)NCc2ccc(OCC3CC3)nc2)c1. The molecule has 1 fully saturated rings. The third kappa shape index (κ3) is 5.91. The van der Waals surface area contributed by atoms with E-state index in [0.29, 0.717) is 23.9 Å². The number of nitrogens with zero attached hydrogens (tertiary/aromatic N) is 1. The van der Waals surface area contributed by atoms with E-state index < -0.39 is 0 Å². The monoisotopic (exact) mass is 366 g/mol. The lowest BCUT2D eigenvalue weighted by Crippen LogP contribution is -2.23. The van der Waals surface area contributed by atoms with Crippen molar-refractivity contribution in [3.63, 3.8) is 0 Å². The largest absolute Gasteiger partial charge is 0.477 e. The van der Waals surface area contributed by atoms with E-state index in [2.05, 4.69) is 10.3 Å². The molecule has 1 heterocycles. The van der Waals surface area contributed by atoms with Crippen LogP contribution in [0.4, 0.5) is 0 Å². The van der Waals surface area contributed by atoms with Crippen molar-refractivity contribution >= 4 is 11.7 Å². The van der Waals surface area contributed by atoms with Gasteiger partial charge in [0.2, 0.25) is 11.8 Å². The summed E-state index contributed by atoms with van der Waals surface area (Å²) in [6.45, 7) is 5.00. The summed E-state index contributed by atoms with van der Waals surface area (Å²) in [6.07, 6.45) is 4.60. The zero-order chi connectivity index (χ0) is 19.2. The molecule has 0 saturated heterocycles. The first kappa shape index (κ1) is 19.1. The van der Waals surface area contributed by atoms with Gasteiger partial charge in [-0.3, -0.25) is 9.59 Å². The van der Waals surface area contributed by atoms with E-state index in [9.17, 15) is 9.59 Å². The zero-order valence-corrected chi connectivity index (χ0v) is 16.0. The Hall–Kier alpha value is -2.69. The fourth-order valence-electron chi connectivity index (χ4n) is 2.78. The quantitative estimate of drug-likeness (QED) is 0.686. The third-order valence-corrected chi connectivity index (χ3v) is 4.72. The molecule has 3 rings (SSSR count). The highest BCUT2D eigenvalue weighted by Gasteiger charge is 2.22. The summed E-state index contributed by atoms with van der Waals surface area (Å²) in [5, 5.41) is 2.84. The molecule has 0 atom stereocenters. The van der Waals surface area contributed by atoms with Gasteiger partial charge in [-0.05, 0) is 49.8 Å². The van der Waals surface area contributed by atoms with Gasteiger partial charge in [0.15, 0.2) is 5.78 Å². The number of hydrogen-bond acceptors (Lipinski definition) is 4. The van der Waals surface area contributed by atoms with Crippen LogP contribution in [0.25, 0.3) is 0 Å². The number of aromatic nitrogens is 1. The molecule has 1 N–H and O–H groups in total. The van der Waals surface area contributed by atoms with Gasteiger partial charge in [-0.2, -0.15) is 0 Å². The molecule has 1 aromatic heterocycles. The minimum atomic E-state index is -0.136. The second-order valence-electron chi connectivity index (χ2n) is 7.28. The normalized spacial score (nSPS) is 13.3. The second-order valence-corrected chi connectivity index (χ2v) is 7.28. The lowest BCUT2D eigenvalue weighted by atomic mass is 9.99. The van der Waals surface area contributed by atoms with Crippen LogP contribution in [0.5, 0.6) is 5.88 Å². The van der Waals surface area contributed by atoms with Gasteiger partial charge in [-0.25, -0.2) is 4.98 Å². The van der Waals surface area contributed by atoms with Crippen molar-refractivity contribution in [2.24, 2.45) is 5.92 Å². The predicted octanol–water partition coefficient (Wildman–Crippen LogP) is 3.77. The average molecular weight is 366 g/mol. The van der Waals surface area contributed by atoms with Crippen molar-refractivity contribution in [1.29, 1.82) is 0 Å². The minimum absolute atomic E-state index is 0.00480. The summed E-state index contributed by atoms with van der Waals surface area (Å²) < 4.78 is 5.60. The third-order valence-electron chi connectivity index (χ3n) is 4.72. The number of Topliss-reactive ketones (excluding diaryl/α,β-unsaturated/α-hetero) is 1. The number of carbonyl (C=O) groups is 2. The molecule has 0 bridgehead atoms. The molecule has 0 radical (unpaired) electrons. The van der Waals surface area contributed by atoms with E-state index in [-0.39, 0.29) is 24.5 Å². The molecule has 2 aromatic rings. The number of hydrogen-bond donors (Lipinski definition) is 1. The number of ketones is 1. The Labute approximate surface area is 160 Å². The Balaban J connectivity index is 1.41. The molecule has 0 aliphatic heterocycles. The van der Waals surface area contributed by atoms with Crippen LogP contribution < -0.4 is 10.1 Å². The summed E-state index contributed by atoms with van der Waals surface area (Å²) in [6, 6.07) is 9.53. The Morgan fingerprint density at radius 3 is 2.67 bits per heavy atom. The van der Waals surface area contributed by atoms with E-state index in [1.54, 1.807) is 6.20 Å². The number of nitrogens with one attached hydrogen (secondary N) is 1. The van der Waals surface area contributed by atoms with E-state index in [0.717, 1.165) is 23.3 Å². The molecule has 1 aromatic carbocycles. The first-order valence-corrected chi connectivity index (χ1v) is 9.46. The summed E-state index contributed by atoms with van der Waals surface area (Å²) in [4.78, 5) is 28.7. The Kier molecular flexibility index (Phi) is 6.22. The summed E-state index contributed by atoms with van der Waals surface area (Å²) in [7, 11) is 0. The van der Waals surface area contributed by atoms with Crippen LogP contribution in [0.3, 0.4) is 0 Å². The number of benzene rings is 1. The maximum absolute atomic E-state index is 12.3. The number of aryl methyl sites for hydroxylation is 2. The molecule has 1 aliphatic rings. The van der Waals surface area contributed by atoms with Gasteiger partial charge in [0.05, 0.1) is 6.61 Å². The van der Waals surface area contributed by atoms with Crippen LogP contribution in [-0.4, -0.2) is 23.3 Å².